The normalized spacial score (nSPS) is 22.1. The van der Waals surface area contributed by atoms with Crippen molar-refractivity contribution in [3.63, 3.8) is 0 Å². The van der Waals surface area contributed by atoms with Gasteiger partial charge in [-0.05, 0) is 36.8 Å². The molecule has 1 heterocycles. The summed E-state index contributed by atoms with van der Waals surface area (Å²) in [6.07, 6.45) is 3.13. The van der Waals surface area contributed by atoms with Crippen LogP contribution in [-0.4, -0.2) is 54.6 Å². The maximum absolute atomic E-state index is 10.3. The molecule has 0 unspecified atom stereocenters. The standard InChI is InChI=1S/C19H29NO3/c1-15(2)17-6-3-4-7-18(17)22-13-16(21)12-20-10-11-23-19(14-20)8-5-9-19/h3-4,6-7,15-16,21H,5,8-14H2,1-2H3/t16-/m0/s1. The number of aliphatic hydroxyl groups is 1. The lowest BCUT2D eigenvalue weighted by atomic mass is 9.79. The van der Waals surface area contributed by atoms with Gasteiger partial charge in [0.05, 0.1) is 12.2 Å². The van der Waals surface area contributed by atoms with Crippen LogP contribution in [0, 0.1) is 0 Å². The van der Waals surface area contributed by atoms with Crippen molar-refractivity contribution < 1.29 is 14.6 Å². The van der Waals surface area contributed by atoms with Gasteiger partial charge >= 0.3 is 0 Å². The molecular weight excluding hydrogens is 290 g/mol. The number of rotatable bonds is 6. The van der Waals surface area contributed by atoms with E-state index in [0.717, 1.165) is 38.3 Å². The molecular formula is C19H29NO3. The lowest BCUT2D eigenvalue weighted by Crippen LogP contribution is -2.57. The Kier molecular flexibility index (Phi) is 5.24. The summed E-state index contributed by atoms with van der Waals surface area (Å²) in [7, 11) is 0. The van der Waals surface area contributed by atoms with Crippen LogP contribution in [0.1, 0.15) is 44.6 Å². The third-order valence-electron chi connectivity index (χ3n) is 5.03. The van der Waals surface area contributed by atoms with Crippen molar-refractivity contribution in [2.75, 3.05) is 32.8 Å². The quantitative estimate of drug-likeness (QED) is 0.875. The van der Waals surface area contributed by atoms with E-state index < -0.39 is 6.10 Å². The van der Waals surface area contributed by atoms with Crippen LogP contribution in [0.5, 0.6) is 5.75 Å². The maximum atomic E-state index is 10.3. The number of hydrogen-bond donors (Lipinski definition) is 1. The molecule has 1 saturated heterocycles. The Morgan fingerprint density at radius 3 is 2.78 bits per heavy atom. The summed E-state index contributed by atoms with van der Waals surface area (Å²) in [5.74, 6) is 1.31. The zero-order valence-corrected chi connectivity index (χ0v) is 14.3. The van der Waals surface area contributed by atoms with Crippen molar-refractivity contribution in [3.05, 3.63) is 29.8 Å². The van der Waals surface area contributed by atoms with Gasteiger partial charge in [0.25, 0.3) is 0 Å². The first-order chi connectivity index (χ1) is 11.1. The summed E-state index contributed by atoms with van der Waals surface area (Å²) in [6.45, 7) is 7.95. The number of nitrogens with zero attached hydrogens (tertiary/aromatic N) is 1. The second-order valence-electron chi connectivity index (χ2n) is 7.28. The summed E-state index contributed by atoms with van der Waals surface area (Å²) in [5, 5.41) is 10.3. The zero-order chi connectivity index (χ0) is 16.3. The molecule has 0 radical (unpaired) electrons. The second kappa shape index (κ2) is 7.20. The number of benzene rings is 1. The molecule has 23 heavy (non-hydrogen) atoms. The molecule has 1 saturated carbocycles. The number of aliphatic hydroxyl groups excluding tert-OH is 1. The fourth-order valence-corrected chi connectivity index (χ4v) is 3.58. The Balaban J connectivity index is 1.49. The molecule has 2 fully saturated rings. The maximum Gasteiger partial charge on any atom is 0.122 e. The first-order valence-electron chi connectivity index (χ1n) is 8.84. The van der Waals surface area contributed by atoms with Gasteiger partial charge in [0.1, 0.15) is 18.5 Å². The predicted molar refractivity (Wildman–Crippen MR) is 91.0 cm³/mol. The highest BCUT2D eigenvalue weighted by atomic mass is 16.5. The largest absolute Gasteiger partial charge is 0.491 e. The lowest BCUT2D eigenvalue weighted by Gasteiger charge is -2.48. The average Bonchev–Trinajstić information content (AvgIpc) is 2.52. The van der Waals surface area contributed by atoms with Crippen LogP contribution >= 0.6 is 0 Å². The monoisotopic (exact) mass is 319 g/mol. The molecule has 1 aliphatic heterocycles. The number of para-hydroxylation sites is 1. The van der Waals surface area contributed by atoms with Crippen molar-refractivity contribution in [2.45, 2.75) is 50.7 Å². The molecule has 1 aromatic rings. The minimum Gasteiger partial charge on any atom is -0.491 e. The molecule has 4 nitrogen and oxygen atoms in total. The van der Waals surface area contributed by atoms with Crippen molar-refractivity contribution >= 4 is 0 Å². The molecule has 1 spiro atoms. The fourth-order valence-electron chi connectivity index (χ4n) is 3.58. The van der Waals surface area contributed by atoms with E-state index in [2.05, 4.69) is 24.8 Å². The predicted octanol–water partition coefficient (Wildman–Crippen LogP) is 2.80. The summed E-state index contributed by atoms with van der Waals surface area (Å²) in [4.78, 5) is 2.32. The van der Waals surface area contributed by atoms with Gasteiger partial charge in [-0.15, -0.1) is 0 Å². The minimum atomic E-state index is -0.467. The smallest absolute Gasteiger partial charge is 0.122 e. The van der Waals surface area contributed by atoms with E-state index >= 15 is 0 Å². The van der Waals surface area contributed by atoms with Crippen LogP contribution in [0.3, 0.4) is 0 Å². The molecule has 1 aliphatic carbocycles. The van der Waals surface area contributed by atoms with Crippen molar-refractivity contribution in [2.24, 2.45) is 0 Å². The summed E-state index contributed by atoms with van der Waals surface area (Å²) in [5.41, 5.74) is 1.28. The topological polar surface area (TPSA) is 41.9 Å². The Labute approximate surface area is 139 Å². The van der Waals surface area contributed by atoms with Gasteiger partial charge in [0.2, 0.25) is 0 Å². The first-order valence-corrected chi connectivity index (χ1v) is 8.84. The molecule has 2 aliphatic rings. The van der Waals surface area contributed by atoms with Crippen LogP contribution in [0.4, 0.5) is 0 Å². The highest BCUT2D eigenvalue weighted by Gasteiger charge is 2.42. The Morgan fingerprint density at radius 1 is 1.30 bits per heavy atom. The second-order valence-corrected chi connectivity index (χ2v) is 7.28. The highest BCUT2D eigenvalue weighted by Crippen LogP contribution is 2.38. The van der Waals surface area contributed by atoms with E-state index in [4.69, 9.17) is 9.47 Å². The van der Waals surface area contributed by atoms with Crippen LogP contribution in [0.25, 0.3) is 0 Å². The molecule has 128 valence electrons. The van der Waals surface area contributed by atoms with Crippen LogP contribution in [0.15, 0.2) is 24.3 Å². The Bertz CT molecular complexity index is 513. The Morgan fingerprint density at radius 2 is 2.09 bits per heavy atom. The van der Waals surface area contributed by atoms with Crippen molar-refractivity contribution in [1.82, 2.24) is 4.90 Å². The van der Waals surface area contributed by atoms with E-state index in [1.54, 1.807) is 0 Å². The average molecular weight is 319 g/mol. The lowest BCUT2D eigenvalue weighted by molar-refractivity contribution is -0.155. The minimum absolute atomic E-state index is 0.0864. The molecule has 0 amide bonds. The van der Waals surface area contributed by atoms with Crippen LogP contribution in [0.2, 0.25) is 0 Å². The van der Waals surface area contributed by atoms with Gasteiger partial charge in [-0.3, -0.25) is 4.90 Å². The molecule has 0 bridgehead atoms. The SMILES string of the molecule is CC(C)c1ccccc1OC[C@@H](O)CN1CCOC2(CCC2)C1. The molecule has 4 heteroatoms. The van der Waals surface area contributed by atoms with Gasteiger partial charge in [0.15, 0.2) is 0 Å². The fraction of sp³-hybridized carbons (Fsp3) is 0.684. The zero-order valence-electron chi connectivity index (χ0n) is 14.3. The molecule has 0 aromatic heterocycles. The van der Waals surface area contributed by atoms with Crippen LogP contribution < -0.4 is 4.74 Å². The van der Waals surface area contributed by atoms with E-state index in [1.807, 2.05) is 18.2 Å². The third-order valence-corrected chi connectivity index (χ3v) is 5.03. The summed E-state index contributed by atoms with van der Waals surface area (Å²) < 4.78 is 11.8. The van der Waals surface area contributed by atoms with Crippen LogP contribution in [-0.2, 0) is 4.74 Å². The first kappa shape index (κ1) is 16.7. The van der Waals surface area contributed by atoms with E-state index in [-0.39, 0.29) is 5.60 Å². The molecule has 1 aromatic carbocycles. The van der Waals surface area contributed by atoms with E-state index in [9.17, 15) is 5.11 Å². The molecule has 1 atom stereocenters. The van der Waals surface area contributed by atoms with E-state index in [1.165, 1.54) is 12.0 Å². The molecule has 1 N–H and O–H groups in total. The molecule has 3 rings (SSSR count). The number of hydrogen-bond acceptors (Lipinski definition) is 4. The Hall–Kier alpha value is -1.10. The van der Waals surface area contributed by atoms with Gasteiger partial charge in [0, 0.05) is 19.6 Å². The van der Waals surface area contributed by atoms with Crippen molar-refractivity contribution in [1.29, 1.82) is 0 Å². The number of ether oxygens (including phenoxy) is 2. The van der Waals surface area contributed by atoms with Gasteiger partial charge < -0.3 is 14.6 Å². The summed E-state index contributed by atoms with van der Waals surface area (Å²) in [6, 6.07) is 8.09. The third kappa shape index (κ3) is 4.06. The van der Waals surface area contributed by atoms with Crippen molar-refractivity contribution in [3.8, 4) is 5.75 Å². The number of β-amino-alcohol motifs (C(OH)–C–C–N with tert-alkyl or cyclic N) is 1. The van der Waals surface area contributed by atoms with Gasteiger partial charge in [-0.2, -0.15) is 0 Å². The summed E-state index contributed by atoms with van der Waals surface area (Å²) >= 11 is 0. The van der Waals surface area contributed by atoms with E-state index in [0.29, 0.717) is 19.1 Å². The highest BCUT2D eigenvalue weighted by molar-refractivity contribution is 5.35. The van der Waals surface area contributed by atoms with Gasteiger partial charge in [-0.25, -0.2) is 0 Å². The van der Waals surface area contributed by atoms with Gasteiger partial charge in [-0.1, -0.05) is 32.0 Å². The number of morpholine rings is 1.